The van der Waals surface area contributed by atoms with Gasteiger partial charge in [0.2, 0.25) is 35.7 Å². The normalized spacial score (nSPS) is 12.6. The van der Waals surface area contributed by atoms with Crippen molar-refractivity contribution in [3.05, 3.63) is 259 Å². The van der Waals surface area contributed by atoms with Crippen LogP contribution >= 0.6 is 0 Å². The zero-order valence-electron chi connectivity index (χ0n) is 52.0. The molecule has 0 unspecified atom stereocenters. The number of aromatic nitrogens is 6. The Morgan fingerprint density at radius 3 is 0.832 bits per heavy atom. The Kier molecular flexibility index (Phi) is 20.0. The van der Waals surface area contributed by atoms with E-state index in [0.29, 0.717) is 28.4 Å². The van der Waals surface area contributed by atoms with Crippen LogP contribution in [-0.2, 0) is 40.5 Å². The molecular formula is C67H56N18O12S4. The van der Waals surface area contributed by atoms with Crippen LogP contribution in [0.2, 0.25) is 0 Å². The fraction of sp³-hybridized carbons (Fsp3) is 0. The first kappa shape index (κ1) is 68.3. The van der Waals surface area contributed by atoms with Gasteiger partial charge in [-0.15, -0.1) is 10.3 Å². The Hall–Kier alpha value is -12.7. The van der Waals surface area contributed by atoms with E-state index in [9.17, 15) is 51.9 Å². The molecule has 3 heterocycles. The Labute approximate surface area is 577 Å². The van der Waals surface area contributed by atoms with Gasteiger partial charge in [-0.3, -0.25) is 23.6 Å². The maximum Gasteiger partial charge on any atom is 0.295 e. The number of nitrogens with one attached hydrogen (secondary N) is 10. The Morgan fingerprint density at radius 2 is 0.545 bits per heavy atom. The summed E-state index contributed by atoms with van der Waals surface area (Å²) in [6, 6.07) is 60.5. The number of amidine groups is 1. The molecule has 0 atom stereocenters. The van der Waals surface area contributed by atoms with E-state index in [1.165, 1.54) is 78.9 Å². The quantitative estimate of drug-likeness (QED) is 0.0187. The van der Waals surface area contributed by atoms with E-state index in [2.05, 4.69) is 88.4 Å². The molecule has 0 aliphatic carbocycles. The number of nitrogens with zero attached hydrogens (tertiary/aromatic N) is 8. The monoisotopic (exact) mass is 1430 g/mol. The maximum atomic E-state index is 13.1. The SMILES string of the molecule is O=S(=O)(O)c1cc(NC2=NN(Nc3ccc(C=Cc4ccc(Nc5nc(Nc6ccccc6)nc(Nc6ccccc6)n5)cc4S(=O)(=O)O)c(S(=O)(=O)O)c3)NC(Nc3ccccc3)=C2)ccc1C=Cc1ccc(Nc2nc(Nc3ccccc3)nc(Nc3ccccc3)n2)cc1S(=O)(=O)O. The van der Waals surface area contributed by atoms with Crippen molar-refractivity contribution in [3.63, 3.8) is 0 Å². The molecule has 0 amide bonds. The van der Waals surface area contributed by atoms with E-state index in [1.54, 1.807) is 78.9 Å². The molecule has 11 aromatic rings. The standard InChI is InChI=1S/C67H56N18O12S4/c86-98(87,88)56-38-52(34-30-43(56)26-27-44-31-35-53(39-57(44)99(89,90)91)74-66-78-62(70-48-18-8-2-9-19-48)76-63(79-66)71-49-20-10-3-11-21-49)69-61-42-60(68-47-16-6-1-7-17-47)83-85(84-61)82-55-37-33-46(59(41-55)101(95,96)97)29-28-45-32-36-54(40-58(45)100(92,93)94)75-67-80-64(72-50-22-12-4-13-23-50)77-65(81-67)73-51-24-14-5-15-25-51/h1-42,68,82-83H,(H,69,84)(H,86,87,88)(H,89,90,91)(H,92,93,94)(H,95,96,97)(H3,70,71,74,76,78,79)(H3,72,73,75,77,80,81). The van der Waals surface area contributed by atoms with Gasteiger partial charge >= 0.3 is 0 Å². The molecule has 1 aliphatic rings. The second-order valence-electron chi connectivity index (χ2n) is 21.6. The van der Waals surface area contributed by atoms with E-state index in [-0.39, 0.29) is 92.3 Å². The first-order valence-corrected chi connectivity index (χ1v) is 35.6. The number of rotatable bonds is 25. The van der Waals surface area contributed by atoms with Crippen molar-refractivity contribution in [2.24, 2.45) is 5.10 Å². The number of hydrogen-bond acceptors (Lipinski definition) is 26. The molecule has 0 spiro atoms. The molecule has 30 nitrogen and oxygen atoms in total. The third kappa shape index (κ3) is 18.5. The molecule has 9 aromatic carbocycles. The number of hydrazone groups is 1. The number of anilines is 15. The van der Waals surface area contributed by atoms with Crippen LogP contribution in [0.1, 0.15) is 22.3 Å². The highest BCUT2D eigenvalue weighted by Gasteiger charge is 2.23. The van der Waals surface area contributed by atoms with Gasteiger partial charge < -0.3 is 42.5 Å². The fourth-order valence-electron chi connectivity index (χ4n) is 9.76. The van der Waals surface area contributed by atoms with Gasteiger partial charge in [0.1, 0.15) is 25.4 Å². The molecule has 1 aliphatic heterocycles. The van der Waals surface area contributed by atoms with Gasteiger partial charge in [-0.1, -0.05) is 140 Å². The Bertz CT molecular complexity index is 5390. The lowest BCUT2D eigenvalue weighted by Gasteiger charge is -2.29. The molecule has 510 valence electrons. The van der Waals surface area contributed by atoms with Gasteiger partial charge in [0, 0.05) is 51.6 Å². The lowest BCUT2D eigenvalue weighted by molar-refractivity contribution is 0.272. The lowest BCUT2D eigenvalue weighted by atomic mass is 10.1. The summed E-state index contributed by atoms with van der Waals surface area (Å²) >= 11 is 0. The summed E-state index contributed by atoms with van der Waals surface area (Å²) in [4.78, 5) is 24.3. The molecule has 12 rings (SSSR count). The first-order valence-electron chi connectivity index (χ1n) is 29.8. The zero-order valence-corrected chi connectivity index (χ0v) is 55.3. The highest BCUT2D eigenvalue weighted by Crippen LogP contribution is 2.32. The van der Waals surface area contributed by atoms with E-state index in [0.717, 1.165) is 29.5 Å². The smallest absolute Gasteiger partial charge is 0.295 e. The molecule has 2 aromatic heterocycles. The minimum atomic E-state index is -5.04. The van der Waals surface area contributed by atoms with Crippen molar-refractivity contribution in [2.45, 2.75) is 19.6 Å². The zero-order chi connectivity index (χ0) is 70.7. The summed E-state index contributed by atoms with van der Waals surface area (Å²) in [5.74, 6) is 0.716. The minimum absolute atomic E-state index is 0.00337. The van der Waals surface area contributed by atoms with Crippen LogP contribution in [0.25, 0.3) is 24.3 Å². The van der Waals surface area contributed by atoms with E-state index in [4.69, 9.17) is 0 Å². The predicted octanol–water partition coefficient (Wildman–Crippen LogP) is 12.4. The second kappa shape index (κ2) is 29.6. The number of benzene rings is 9. The van der Waals surface area contributed by atoms with Crippen molar-refractivity contribution >= 4 is 157 Å². The third-order valence-electron chi connectivity index (χ3n) is 14.2. The van der Waals surface area contributed by atoms with E-state index < -0.39 is 60.1 Å². The minimum Gasteiger partial charge on any atom is -0.341 e. The third-order valence-corrected chi connectivity index (χ3v) is 17.9. The lowest BCUT2D eigenvalue weighted by Crippen LogP contribution is -2.44. The molecule has 34 heteroatoms. The molecule has 14 N–H and O–H groups in total. The van der Waals surface area contributed by atoms with Gasteiger partial charge in [0.25, 0.3) is 40.5 Å². The van der Waals surface area contributed by atoms with Gasteiger partial charge in [-0.25, -0.2) is 5.43 Å². The average Bonchev–Trinajstić information content (AvgIpc) is 0.810. The number of hydrazine groups is 2. The highest BCUT2D eigenvalue weighted by atomic mass is 32.2. The van der Waals surface area contributed by atoms with Crippen molar-refractivity contribution in [3.8, 4) is 0 Å². The molecule has 101 heavy (non-hydrogen) atoms. The second-order valence-corrected chi connectivity index (χ2v) is 27.2. The van der Waals surface area contributed by atoms with E-state index >= 15 is 0 Å². The van der Waals surface area contributed by atoms with Crippen LogP contribution in [0.4, 0.5) is 86.9 Å². The van der Waals surface area contributed by atoms with Gasteiger partial charge in [0.15, 0.2) is 5.84 Å². The molecule has 0 bridgehead atoms. The van der Waals surface area contributed by atoms with Crippen LogP contribution in [0, 0.1) is 0 Å². The average molecular weight is 1430 g/mol. The largest absolute Gasteiger partial charge is 0.341 e. The van der Waals surface area contributed by atoms with Crippen molar-refractivity contribution in [2.75, 3.05) is 48.0 Å². The summed E-state index contributed by atoms with van der Waals surface area (Å²) in [6.07, 6.45) is 6.34. The summed E-state index contributed by atoms with van der Waals surface area (Å²) < 4.78 is 146. The molecule has 0 radical (unpaired) electrons. The van der Waals surface area contributed by atoms with Gasteiger partial charge in [-0.05, 0) is 131 Å². The number of para-hydroxylation sites is 5. The fourth-order valence-corrected chi connectivity index (χ4v) is 12.6. The first-order chi connectivity index (χ1) is 48.4. The highest BCUT2D eigenvalue weighted by molar-refractivity contribution is 7.86. The molecular weight excluding hydrogens is 1380 g/mol. The Balaban J connectivity index is 0.783. The molecule has 0 saturated heterocycles. The van der Waals surface area contributed by atoms with Gasteiger partial charge in [-0.2, -0.15) is 63.6 Å². The van der Waals surface area contributed by atoms with E-state index in [1.807, 2.05) is 72.8 Å². The molecule has 0 saturated carbocycles. The summed E-state index contributed by atoms with van der Waals surface area (Å²) in [7, 11) is -20.0. The summed E-state index contributed by atoms with van der Waals surface area (Å²) in [6.45, 7) is 0. The van der Waals surface area contributed by atoms with Crippen LogP contribution in [-0.4, -0.2) is 92.8 Å². The molecule has 0 fully saturated rings. The predicted molar refractivity (Wildman–Crippen MR) is 386 cm³/mol. The topological polar surface area (TPSA) is 431 Å². The van der Waals surface area contributed by atoms with Crippen LogP contribution in [0.5, 0.6) is 0 Å². The van der Waals surface area contributed by atoms with Crippen LogP contribution in [0.3, 0.4) is 0 Å². The van der Waals surface area contributed by atoms with Crippen molar-refractivity contribution < 1.29 is 51.9 Å². The van der Waals surface area contributed by atoms with Crippen molar-refractivity contribution in [1.82, 2.24) is 40.6 Å². The van der Waals surface area contributed by atoms with Crippen molar-refractivity contribution in [1.29, 1.82) is 0 Å². The maximum absolute atomic E-state index is 13.1. The summed E-state index contributed by atoms with van der Waals surface area (Å²) in [5.41, 5.74) is 8.98. The van der Waals surface area contributed by atoms with Gasteiger partial charge in [0.05, 0.1) is 5.69 Å². The summed E-state index contributed by atoms with van der Waals surface area (Å²) in [5, 5.41) is 30.0. The number of hydrogen-bond donors (Lipinski definition) is 14. The van der Waals surface area contributed by atoms with Crippen LogP contribution in [0.15, 0.2) is 261 Å². The van der Waals surface area contributed by atoms with Crippen LogP contribution < -0.4 is 53.4 Å². The Morgan fingerprint density at radius 1 is 0.297 bits per heavy atom.